The van der Waals surface area contributed by atoms with Gasteiger partial charge in [0.15, 0.2) is 0 Å². The first-order valence-corrected chi connectivity index (χ1v) is 8.19. The molecular formula is C20H19F3O2. The van der Waals surface area contributed by atoms with Crippen molar-refractivity contribution in [2.45, 2.75) is 37.3 Å². The molecule has 0 aliphatic heterocycles. The number of Topliss-reactive ketones (excluding diaryl/α,β-unsaturated/α-hetero) is 1. The van der Waals surface area contributed by atoms with Gasteiger partial charge >= 0.3 is 6.18 Å². The number of hydrogen-bond acceptors (Lipinski definition) is 2. The molecule has 0 saturated heterocycles. The highest BCUT2D eigenvalue weighted by Gasteiger charge is 2.39. The average molecular weight is 348 g/mol. The van der Waals surface area contributed by atoms with E-state index in [9.17, 15) is 18.0 Å². The van der Waals surface area contributed by atoms with Crippen LogP contribution in [0.25, 0.3) is 0 Å². The first kappa shape index (κ1) is 17.5. The van der Waals surface area contributed by atoms with E-state index in [0.717, 1.165) is 36.1 Å². The standard InChI is InChI=1S/C20H19F3O2/c1-25-18-10-8-15(9-11-18)19(12-2-3-17(24)13-19)14-4-6-16(7-5-14)20(21,22)23/h4-11H,2-3,12-13H2,1H3/t19-/m0/s1. The maximum atomic E-state index is 12.9. The van der Waals surface area contributed by atoms with E-state index in [0.29, 0.717) is 18.6 Å². The second kappa shape index (κ2) is 6.54. The minimum absolute atomic E-state index is 0.141. The summed E-state index contributed by atoms with van der Waals surface area (Å²) in [6, 6.07) is 12.6. The zero-order valence-corrected chi connectivity index (χ0v) is 13.9. The lowest BCUT2D eigenvalue weighted by Gasteiger charge is -2.38. The molecule has 0 unspecified atom stereocenters. The fourth-order valence-corrected chi connectivity index (χ4v) is 3.65. The van der Waals surface area contributed by atoms with Crippen LogP contribution in [0.1, 0.15) is 42.4 Å². The van der Waals surface area contributed by atoms with Gasteiger partial charge in [-0.2, -0.15) is 13.2 Å². The number of methoxy groups -OCH3 is 1. The Balaban J connectivity index is 2.06. The molecule has 0 N–H and O–H groups in total. The van der Waals surface area contributed by atoms with Crippen LogP contribution in [-0.4, -0.2) is 12.9 Å². The molecule has 1 atom stereocenters. The third kappa shape index (κ3) is 3.41. The molecular weight excluding hydrogens is 329 g/mol. The van der Waals surface area contributed by atoms with Gasteiger partial charge in [-0.3, -0.25) is 4.79 Å². The van der Waals surface area contributed by atoms with E-state index in [1.54, 1.807) is 7.11 Å². The van der Waals surface area contributed by atoms with E-state index < -0.39 is 17.2 Å². The molecule has 0 heterocycles. The van der Waals surface area contributed by atoms with Gasteiger partial charge in [-0.15, -0.1) is 0 Å². The van der Waals surface area contributed by atoms with Crippen LogP contribution in [0.4, 0.5) is 13.2 Å². The number of ketones is 1. The molecule has 0 radical (unpaired) electrons. The number of ether oxygens (including phenoxy) is 1. The Bertz CT molecular complexity index is 748. The lowest BCUT2D eigenvalue weighted by atomic mass is 9.65. The van der Waals surface area contributed by atoms with E-state index in [1.807, 2.05) is 24.3 Å². The normalized spacial score (nSPS) is 21.2. The molecule has 5 heteroatoms. The summed E-state index contributed by atoms with van der Waals surface area (Å²) < 4.78 is 43.8. The number of carbonyl (C=O) groups is 1. The highest BCUT2D eigenvalue weighted by Crippen LogP contribution is 2.44. The van der Waals surface area contributed by atoms with Crippen molar-refractivity contribution in [2.24, 2.45) is 0 Å². The lowest BCUT2D eigenvalue weighted by molar-refractivity contribution is -0.137. The molecule has 0 bridgehead atoms. The van der Waals surface area contributed by atoms with E-state index in [2.05, 4.69) is 0 Å². The first-order chi connectivity index (χ1) is 11.8. The number of hydrogen-bond donors (Lipinski definition) is 0. The molecule has 1 fully saturated rings. The Hall–Kier alpha value is -2.30. The molecule has 3 rings (SSSR count). The predicted molar refractivity (Wildman–Crippen MR) is 88.7 cm³/mol. The first-order valence-electron chi connectivity index (χ1n) is 8.19. The Morgan fingerprint density at radius 3 is 2.00 bits per heavy atom. The Kier molecular flexibility index (Phi) is 4.58. The molecule has 1 aliphatic rings. The summed E-state index contributed by atoms with van der Waals surface area (Å²) in [5.41, 5.74) is 0.425. The van der Waals surface area contributed by atoms with Gasteiger partial charge in [0, 0.05) is 18.3 Å². The second-order valence-corrected chi connectivity index (χ2v) is 6.45. The number of halogens is 3. The van der Waals surface area contributed by atoms with Crippen molar-refractivity contribution in [3.63, 3.8) is 0 Å². The Morgan fingerprint density at radius 1 is 0.960 bits per heavy atom. The summed E-state index contributed by atoms with van der Waals surface area (Å²) in [5, 5.41) is 0. The van der Waals surface area contributed by atoms with E-state index in [4.69, 9.17) is 4.74 Å². The molecule has 2 aromatic rings. The molecule has 1 saturated carbocycles. The molecule has 0 amide bonds. The van der Waals surface area contributed by atoms with Crippen molar-refractivity contribution >= 4 is 5.78 Å². The second-order valence-electron chi connectivity index (χ2n) is 6.45. The summed E-state index contributed by atoms with van der Waals surface area (Å²) in [4.78, 5) is 12.2. The lowest BCUT2D eigenvalue weighted by Crippen LogP contribution is -2.34. The number of benzene rings is 2. The summed E-state index contributed by atoms with van der Waals surface area (Å²) in [6.07, 6.45) is -2.07. The van der Waals surface area contributed by atoms with Crippen LogP contribution in [0.15, 0.2) is 48.5 Å². The summed E-state index contributed by atoms with van der Waals surface area (Å²) in [5.74, 6) is 0.843. The van der Waals surface area contributed by atoms with E-state index in [1.165, 1.54) is 12.1 Å². The quantitative estimate of drug-likeness (QED) is 0.767. The van der Waals surface area contributed by atoms with Gasteiger partial charge in [-0.25, -0.2) is 0 Å². The van der Waals surface area contributed by atoms with Gasteiger partial charge in [0.05, 0.1) is 12.7 Å². The minimum atomic E-state index is -4.37. The van der Waals surface area contributed by atoms with Crippen molar-refractivity contribution in [1.29, 1.82) is 0 Å². The largest absolute Gasteiger partial charge is 0.497 e. The third-order valence-electron chi connectivity index (χ3n) is 4.97. The van der Waals surface area contributed by atoms with Crippen LogP contribution in [0.5, 0.6) is 5.75 Å². The average Bonchev–Trinajstić information content (AvgIpc) is 2.61. The predicted octanol–water partition coefficient (Wildman–Crippen LogP) is 5.14. The number of rotatable bonds is 3. The molecule has 1 aliphatic carbocycles. The molecule has 25 heavy (non-hydrogen) atoms. The SMILES string of the molecule is COc1ccc([C@@]2(c3ccc(C(F)(F)F)cc3)CCCC(=O)C2)cc1. The van der Waals surface area contributed by atoms with E-state index >= 15 is 0 Å². The molecule has 2 aromatic carbocycles. The fraction of sp³-hybridized carbons (Fsp3) is 0.350. The van der Waals surface area contributed by atoms with Crippen LogP contribution in [0, 0.1) is 0 Å². The van der Waals surface area contributed by atoms with Gasteiger partial charge < -0.3 is 4.74 Å². The number of carbonyl (C=O) groups excluding carboxylic acids is 1. The van der Waals surface area contributed by atoms with Crippen molar-refractivity contribution in [1.82, 2.24) is 0 Å². The minimum Gasteiger partial charge on any atom is -0.497 e. The maximum absolute atomic E-state index is 12.9. The maximum Gasteiger partial charge on any atom is 0.416 e. The summed E-state index contributed by atoms with van der Waals surface area (Å²) in [6.45, 7) is 0. The molecule has 132 valence electrons. The molecule has 0 aromatic heterocycles. The smallest absolute Gasteiger partial charge is 0.416 e. The highest BCUT2D eigenvalue weighted by atomic mass is 19.4. The topological polar surface area (TPSA) is 26.3 Å². The monoisotopic (exact) mass is 348 g/mol. The van der Waals surface area contributed by atoms with Gasteiger partial charge in [-0.05, 0) is 48.2 Å². The number of alkyl halides is 3. The zero-order chi connectivity index (χ0) is 18.1. The summed E-state index contributed by atoms with van der Waals surface area (Å²) in [7, 11) is 1.57. The van der Waals surface area contributed by atoms with Crippen LogP contribution >= 0.6 is 0 Å². The van der Waals surface area contributed by atoms with Gasteiger partial charge in [-0.1, -0.05) is 24.3 Å². The van der Waals surface area contributed by atoms with Crippen LogP contribution < -0.4 is 4.74 Å². The highest BCUT2D eigenvalue weighted by molar-refractivity contribution is 5.82. The van der Waals surface area contributed by atoms with Crippen molar-refractivity contribution in [3.8, 4) is 5.75 Å². The fourth-order valence-electron chi connectivity index (χ4n) is 3.65. The Labute approximate surface area is 144 Å². The molecule has 2 nitrogen and oxygen atoms in total. The van der Waals surface area contributed by atoms with Crippen LogP contribution in [0.2, 0.25) is 0 Å². The van der Waals surface area contributed by atoms with Crippen molar-refractivity contribution < 1.29 is 22.7 Å². The van der Waals surface area contributed by atoms with Gasteiger partial charge in [0.2, 0.25) is 0 Å². The Morgan fingerprint density at radius 2 is 1.52 bits per heavy atom. The van der Waals surface area contributed by atoms with Gasteiger partial charge in [0.1, 0.15) is 11.5 Å². The van der Waals surface area contributed by atoms with Crippen molar-refractivity contribution in [2.75, 3.05) is 7.11 Å². The molecule has 0 spiro atoms. The van der Waals surface area contributed by atoms with Crippen LogP contribution in [-0.2, 0) is 16.4 Å². The van der Waals surface area contributed by atoms with E-state index in [-0.39, 0.29) is 5.78 Å². The van der Waals surface area contributed by atoms with Gasteiger partial charge in [0.25, 0.3) is 0 Å². The summed E-state index contributed by atoms with van der Waals surface area (Å²) >= 11 is 0. The van der Waals surface area contributed by atoms with Crippen molar-refractivity contribution in [3.05, 3.63) is 65.2 Å². The third-order valence-corrected chi connectivity index (χ3v) is 4.97. The van der Waals surface area contributed by atoms with Crippen LogP contribution in [0.3, 0.4) is 0 Å². The zero-order valence-electron chi connectivity index (χ0n) is 13.9.